The minimum atomic E-state index is -0.709. The molecule has 0 aliphatic carbocycles. The quantitative estimate of drug-likeness (QED) is 0.677. The van der Waals surface area contributed by atoms with E-state index in [1.54, 1.807) is 7.11 Å². The van der Waals surface area contributed by atoms with Crippen LogP contribution in [0.2, 0.25) is 0 Å². The number of carbonyl (C=O) groups is 1. The van der Waals surface area contributed by atoms with Crippen LogP contribution in [0.4, 0.5) is 4.79 Å². The van der Waals surface area contributed by atoms with Crippen LogP contribution in [0.25, 0.3) is 0 Å². The summed E-state index contributed by atoms with van der Waals surface area (Å²) >= 11 is 0. The number of hydrogen-bond donors (Lipinski definition) is 3. The van der Waals surface area contributed by atoms with Crippen molar-refractivity contribution in [2.24, 2.45) is 0 Å². The van der Waals surface area contributed by atoms with Crippen molar-refractivity contribution in [3.8, 4) is 0 Å². The van der Waals surface area contributed by atoms with Crippen LogP contribution in [-0.4, -0.2) is 37.9 Å². The van der Waals surface area contributed by atoms with E-state index < -0.39 is 6.10 Å². The van der Waals surface area contributed by atoms with Crippen molar-refractivity contribution in [2.75, 3.05) is 26.8 Å². The highest BCUT2D eigenvalue weighted by Gasteiger charge is 2.15. The fraction of sp³-hybridized carbons (Fsp3) is 0.588. The van der Waals surface area contributed by atoms with Gasteiger partial charge in [0.25, 0.3) is 0 Å². The molecule has 1 aromatic rings. The number of aliphatic hydroxyl groups excluding tert-OH is 1. The highest BCUT2D eigenvalue weighted by atomic mass is 16.5. The number of hydrogen-bond acceptors (Lipinski definition) is 3. The number of nitrogens with one attached hydrogen (secondary N) is 2. The molecule has 0 radical (unpaired) electrons. The van der Waals surface area contributed by atoms with E-state index in [1.807, 2.05) is 24.3 Å². The van der Waals surface area contributed by atoms with Gasteiger partial charge < -0.3 is 20.5 Å². The monoisotopic (exact) mass is 308 g/mol. The highest BCUT2D eigenvalue weighted by Crippen LogP contribution is 2.23. The van der Waals surface area contributed by atoms with Gasteiger partial charge in [-0.1, -0.05) is 45.0 Å². The van der Waals surface area contributed by atoms with Gasteiger partial charge in [0, 0.05) is 26.8 Å². The molecule has 0 aromatic heterocycles. The van der Waals surface area contributed by atoms with Crippen molar-refractivity contribution >= 4 is 6.03 Å². The Morgan fingerprint density at radius 1 is 1.23 bits per heavy atom. The molecule has 0 bridgehead atoms. The second-order valence-electron chi connectivity index (χ2n) is 6.37. The zero-order chi connectivity index (χ0) is 16.6. The molecule has 124 valence electrons. The van der Waals surface area contributed by atoms with Gasteiger partial charge in [-0.05, 0) is 23.0 Å². The van der Waals surface area contributed by atoms with Gasteiger partial charge in [0.2, 0.25) is 0 Å². The smallest absolute Gasteiger partial charge is 0.314 e. The van der Waals surface area contributed by atoms with Gasteiger partial charge in [0.15, 0.2) is 0 Å². The fourth-order valence-electron chi connectivity index (χ4n) is 1.99. The lowest BCUT2D eigenvalue weighted by molar-refractivity contribution is 0.172. The molecular weight excluding hydrogens is 280 g/mol. The predicted octanol–water partition coefficient (Wildman–Crippen LogP) is 2.35. The Balaban J connectivity index is 2.39. The van der Waals surface area contributed by atoms with E-state index in [4.69, 9.17) is 4.74 Å². The number of ether oxygens (including phenoxy) is 1. The number of amides is 2. The summed E-state index contributed by atoms with van der Waals surface area (Å²) in [5, 5.41) is 15.5. The minimum absolute atomic E-state index is 0.0871. The van der Waals surface area contributed by atoms with Gasteiger partial charge in [0.05, 0.1) is 6.10 Å². The molecule has 0 fully saturated rings. The third kappa shape index (κ3) is 6.45. The van der Waals surface area contributed by atoms with Gasteiger partial charge in [-0.15, -0.1) is 0 Å². The van der Waals surface area contributed by atoms with Crippen molar-refractivity contribution in [1.29, 1.82) is 0 Å². The Labute approximate surface area is 133 Å². The molecule has 5 heteroatoms. The molecule has 0 aliphatic rings. The van der Waals surface area contributed by atoms with Gasteiger partial charge >= 0.3 is 6.03 Å². The van der Waals surface area contributed by atoms with Gasteiger partial charge in [-0.2, -0.15) is 0 Å². The summed E-state index contributed by atoms with van der Waals surface area (Å²) in [7, 11) is 1.63. The Morgan fingerprint density at radius 2 is 1.86 bits per heavy atom. The molecule has 1 atom stereocenters. The van der Waals surface area contributed by atoms with Crippen LogP contribution in [0.3, 0.4) is 0 Å². The van der Waals surface area contributed by atoms with Gasteiger partial charge in [-0.25, -0.2) is 4.79 Å². The average Bonchev–Trinajstić information content (AvgIpc) is 2.48. The third-order valence-corrected chi connectivity index (χ3v) is 3.43. The van der Waals surface area contributed by atoms with Crippen molar-refractivity contribution in [3.05, 3.63) is 35.4 Å². The maximum atomic E-state index is 11.6. The first-order valence-corrected chi connectivity index (χ1v) is 7.63. The van der Waals surface area contributed by atoms with E-state index in [2.05, 4.69) is 31.4 Å². The lowest BCUT2D eigenvalue weighted by Gasteiger charge is -2.20. The molecule has 0 saturated heterocycles. The van der Waals surface area contributed by atoms with E-state index in [1.165, 1.54) is 5.56 Å². The lowest BCUT2D eigenvalue weighted by atomic mass is 9.86. The Hall–Kier alpha value is -1.59. The maximum absolute atomic E-state index is 11.6. The predicted molar refractivity (Wildman–Crippen MR) is 88.0 cm³/mol. The second kappa shape index (κ2) is 8.76. The highest BCUT2D eigenvalue weighted by molar-refractivity contribution is 5.73. The first kappa shape index (κ1) is 18.5. The number of rotatable bonds is 7. The number of aliphatic hydroxyl groups is 1. The molecular formula is C17H28N2O3. The molecule has 0 heterocycles. The topological polar surface area (TPSA) is 70.6 Å². The summed E-state index contributed by atoms with van der Waals surface area (Å²) < 4.78 is 4.90. The average molecular weight is 308 g/mol. The van der Waals surface area contributed by atoms with Crippen molar-refractivity contribution in [2.45, 2.75) is 38.7 Å². The Kier molecular flexibility index (Phi) is 7.35. The SMILES string of the molecule is COCCCNC(=O)NC[C@H](O)c1ccc(C(C)(C)C)cc1. The zero-order valence-electron chi connectivity index (χ0n) is 14.0. The van der Waals surface area contributed by atoms with Crippen molar-refractivity contribution in [1.82, 2.24) is 10.6 Å². The number of urea groups is 1. The molecule has 0 spiro atoms. The van der Waals surface area contributed by atoms with Crippen LogP contribution in [0.5, 0.6) is 0 Å². The van der Waals surface area contributed by atoms with Crippen LogP contribution in [0.15, 0.2) is 24.3 Å². The summed E-state index contributed by atoms with van der Waals surface area (Å²) in [5.41, 5.74) is 2.10. The molecule has 3 N–H and O–H groups in total. The number of methoxy groups -OCH3 is 1. The van der Waals surface area contributed by atoms with Crippen LogP contribution >= 0.6 is 0 Å². The van der Waals surface area contributed by atoms with Crippen molar-refractivity contribution in [3.63, 3.8) is 0 Å². The van der Waals surface area contributed by atoms with E-state index in [0.29, 0.717) is 13.2 Å². The van der Waals surface area contributed by atoms with E-state index in [-0.39, 0.29) is 18.0 Å². The van der Waals surface area contributed by atoms with Crippen LogP contribution in [-0.2, 0) is 10.2 Å². The van der Waals surface area contributed by atoms with E-state index in [9.17, 15) is 9.90 Å². The van der Waals surface area contributed by atoms with E-state index >= 15 is 0 Å². The van der Waals surface area contributed by atoms with Crippen LogP contribution in [0.1, 0.15) is 44.4 Å². The summed E-state index contributed by atoms with van der Waals surface area (Å²) in [5.74, 6) is 0. The molecule has 2 amide bonds. The standard InChI is InChI=1S/C17H28N2O3/c1-17(2,3)14-8-6-13(7-9-14)15(20)12-19-16(21)18-10-5-11-22-4/h6-9,15,20H,5,10-12H2,1-4H3,(H2,18,19,21)/t15-/m0/s1. The normalized spacial score (nSPS) is 12.8. The van der Waals surface area contributed by atoms with Crippen LogP contribution < -0.4 is 10.6 Å². The molecule has 1 aromatic carbocycles. The molecule has 0 unspecified atom stereocenters. The summed E-state index contributed by atoms with van der Waals surface area (Å²) in [6.45, 7) is 7.79. The molecule has 22 heavy (non-hydrogen) atoms. The summed E-state index contributed by atoms with van der Waals surface area (Å²) in [4.78, 5) is 11.6. The Morgan fingerprint density at radius 3 is 2.41 bits per heavy atom. The fourth-order valence-corrected chi connectivity index (χ4v) is 1.99. The van der Waals surface area contributed by atoms with E-state index in [0.717, 1.165) is 12.0 Å². The number of carbonyl (C=O) groups excluding carboxylic acids is 1. The summed E-state index contributed by atoms with van der Waals surface area (Å²) in [6.07, 6.45) is 0.0551. The lowest BCUT2D eigenvalue weighted by Crippen LogP contribution is -2.38. The third-order valence-electron chi connectivity index (χ3n) is 3.43. The van der Waals surface area contributed by atoms with Crippen molar-refractivity contribution < 1.29 is 14.6 Å². The first-order chi connectivity index (χ1) is 10.3. The number of benzene rings is 1. The Bertz CT molecular complexity index is 452. The largest absolute Gasteiger partial charge is 0.387 e. The molecule has 1 rings (SSSR count). The summed E-state index contributed by atoms with van der Waals surface area (Å²) in [6, 6.07) is 7.57. The van der Waals surface area contributed by atoms with Gasteiger partial charge in [-0.3, -0.25) is 0 Å². The zero-order valence-corrected chi connectivity index (χ0v) is 14.0. The maximum Gasteiger partial charge on any atom is 0.314 e. The second-order valence-corrected chi connectivity index (χ2v) is 6.37. The molecule has 0 aliphatic heterocycles. The van der Waals surface area contributed by atoms with Gasteiger partial charge in [0.1, 0.15) is 0 Å². The first-order valence-electron chi connectivity index (χ1n) is 7.63. The minimum Gasteiger partial charge on any atom is -0.387 e. The molecule has 0 saturated carbocycles. The van der Waals surface area contributed by atoms with Crippen LogP contribution in [0, 0.1) is 0 Å². The molecule has 5 nitrogen and oxygen atoms in total.